The Labute approximate surface area is 154 Å². The molecule has 26 heavy (non-hydrogen) atoms. The zero-order chi connectivity index (χ0) is 20.3. The highest BCUT2D eigenvalue weighted by Gasteiger charge is 2.47. The molecule has 2 atom stereocenters. The van der Waals surface area contributed by atoms with Crippen molar-refractivity contribution in [1.82, 2.24) is 9.80 Å². The van der Waals surface area contributed by atoms with Gasteiger partial charge in [0.05, 0.1) is 19.8 Å². The highest BCUT2D eigenvalue weighted by molar-refractivity contribution is 5.84. The van der Waals surface area contributed by atoms with Gasteiger partial charge in [-0.2, -0.15) is 0 Å². The number of amides is 2. The van der Waals surface area contributed by atoms with Crippen LogP contribution in [-0.2, 0) is 19.0 Å². The van der Waals surface area contributed by atoms with Crippen LogP contribution >= 0.6 is 0 Å². The van der Waals surface area contributed by atoms with E-state index in [1.165, 1.54) is 16.9 Å². The van der Waals surface area contributed by atoms with Gasteiger partial charge in [0.2, 0.25) is 0 Å². The zero-order valence-corrected chi connectivity index (χ0v) is 16.6. The van der Waals surface area contributed by atoms with E-state index in [4.69, 9.17) is 14.2 Å². The highest BCUT2D eigenvalue weighted by atomic mass is 16.6. The molecule has 1 aliphatic rings. The molecule has 0 aliphatic carbocycles. The first kappa shape index (κ1) is 22.0. The molecule has 0 unspecified atom stereocenters. The van der Waals surface area contributed by atoms with E-state index in [1.807, 2.05) is 0 Å². The SMILES string of the molecule is COC(=O)[C@H]1[C@H](CO)N(C(=O)OC(C)(C)C)CCN1C(=O)OC(C)(C)C. The van der Waals surface area contributed by atoms with E-state index >= 15 is 0 Å². The van der Waals surface area contributed by atoms with Gasteiger partial charge in [0.25, 0.3) is 0 Å². The molecule has 1 aliphatic heterocycles. The first-order chi connectivity index (χ1) is 11.8. The number of carbonyl (C=O) groups excluding carboxylic acids is 3. The van der Waals surface area contributed by atoms with Crippen molar-refractivity contribution in [3.63, 3.8) is 0 Å². The second-order valence-electron chi connectivity index (χ2n) is 8.07. The lowest BCUT2D eigenvalue weighted by atomic mass is 10.0. The molecule has 1 rings (SSSR count). The Hall–Kier alpha value is -2.03. The topological polar surface area (TPSA) is 106 Å². The van der Waals surface area contributed by atoms with Gasteiger partial charge in [0.15, 0.2) is 6.04 Å². The number of methoxy groups -OCH3 is 1. The average molecular weight is 374 g/mol. The summed E-state index contributed by atoms with van der Waals surface area (Å²) < 4.78 is 15.5. The van der Waals surface area contributed by atoms with Crippen LogP contribution in [0.5, 0.6) is 0 Å². The van der Waals surface area contributed by atoms with Crippen molar-refractivity contribution in [2.24, 2.45) is 0 Å². The molecule has 0 saturated carbocycles. The molecule has 0 bridgehead atoms. The molecule has 1 N–H and O–H groups in total. The summed E-state index contributed by atoms with van der Waals surface area (Å²) in [5.74, 6) is -0.747. The largest absolute Gasteiger partial charge is 0.467 e. The van der Waals surface area contributed by atoms with Crippen LogP contribution in [0.2, 0.25) is 0 Å². The molecule has 1 saturated heterocycles. The molecule has 1 heterocycles. The minimum absolute atomic E-state index is 0.0461. The number of hydrogen-bond acceptors (Lipinski definition) is 7. The molecule has 9 heteroatoms. The van der Waals surface area contributed by atoms with Crippen molar-refractivity contribution >= 4 is 18.2 Å². The maximum absolute atomic E-state index is 12.5. The third-order valence-corrected chi connectivity index (χ3v) is 3.57. The van der Waals surface area contributed by atoms with Gasteiger partial charge in [-0.15, -0.1) is 0 Å². The maximum atomic E-state index is 12.5. The lowest BCUT2D eigenvalue weighted by molar-refractivity contribution is -0.153. The number of esters is 1. The zero-order valence-electron chi connectivity index (χ0n) is 16.6. The molecular weight excluding hydrogens is 344 g/mol. The van der Waals surface area contributed by atoms with Crippen LogP contribution < -0.4 is 0 Å². The lowest BCUT2D eigenvalue weighted by Crippen LogP contribution is -2.67. The summed E-state index contributed by atoms with van der Waals surface area (Å²) >= 11 is 0. The van der Waals surface area contributed by atoms with Gasteiger partial charge in [0, 0.05) is 13.1 Å². The second-order valence-corrected chi connectivity index (χ2v) is 8.07. The Morgan fingerprint density at radius 3 is 1.73 bits per heavy atom. The quantitative estimate of drug-likeness (QED) is 0.575. The lowest BCUT2D eigenvalue weighted by Gasteiger charge is -2.45. The van der Waals surface area contributed by atoms with Gasteiger partial charge in [-0.05, 0) is 41.5 Å². The van der Waals surface area contributed by atoms with Crippen LogP contribution in [0.3, 0.4) is 0 Å². The van der Waals surface area contributed by atoms with Crippen molar-refractivity contribution in [3.05, 3.63) is 0 Å². The first-order valence-corrected chi connectivity index (χ1v) is 8.48. The monoisotopic (exact) mass is 374 g/mol. The Balaban J connectivity index is 3.12. The molecule has 0 aromatic carbocycles. The van der Waals surface area contributed by atoms with Gasteiger partial charge < -0.3 is 19.3 Å². The maximum Gasteiger partial charge on any atom is 0.411 e. The first-order valence-electron chi connectivity index (χ1n) is 8.48. The van der Waals surface area contributed by atoms with E-state index in [0.717, 1.165) is 0 Å². The van der Waals surface area contributed by atoms with E-state index in [9.17, 15) is 19.5 Å². The Morgan fingerprint density at radius 2 is 1.35 bits per heavy atom. The summed E-state index contributed by atoms with van der Waals surface area (Å²) in [4.78, 5) is 39.7. The normalized spacial score (nSPS) is 21.2. The van der Waals surface area contributed by atoms with Crippen LogP contribution in [0.1, 0.15) is 41.5 Å². The third kappa shape index (κ3) is 5.76. The molecule has 1 fully saturated rings. The van der Waals surface area contributed by atoms with E-state index in [-0.39, 0.29) is 13.1 Å². The minimum atomic E-state index is -1.19. The second kappa shape index (κ2) is 8.11. The number of aliphatic hydroxyl groups is 1. The predicted octanol–water partition coefficient (Wildman–Crippen LogP) is 1.38. The van der Waals surface area contributed by atoms with Gasteiger partial charge in [-0.3, -0.25) is 9.80 Å². The number of ether oxygens (including phenoxy) is 3. The van der Waals surface area contributed by atoms with Crippen molar-refractivity contribution in [2.45, 2.75) is 64.8 Å². The van der Waals surface area contributed by atoms with Gasteiger partial charge in [-0.1, -0.05) is 0 Å². The summed E-state index contributed by atoms with van der Waals surface area (Å²) in [6.45, 7) is 9.86. The summed E-state index contributed by atoms with van der Waals surface area (Å²) in [7, 11) is 1.18. The summed E-state index contributed by atoms with van der Waals surface area (Å²) in [6, 6.07) is -2.19. The molecule has 0 radical (unpaired) electrons. The van der Waals surface area contributed by atoms with Crippen LogP contribution in [0.4, 0.5) is 9.59 Å². The van der Waals surface area contributed by atoms with Gasteiger partial charge in [-0.25, -0.2) is 14.4 Å². The number of aliphatic hydroxyl groups excluding tert-OH is 1. The van der Waals surface area contributed by atoms with E-state index in [2.05, 4.69) is 0 Å². The van der Waals surface area contributed by atoms with E-state index in [0.29, 0.717) is 0 Å². The fourth-order valence-electron chi connectivity index (χ4n) is 2.57. The van der Waals surface area contributed by atoms with E-state index < -0.39 is 48.0 Å². The van der Waals surface area contributed by atoms with Crippen molar-refractivity contribution in [3.8, 4) is 0 Å². The summed E-state index contributed by atoms with van der Waals surface area (Å²) in [5, 5.41) is 9.82. The molecule has 0 spiro atoms. The smallest absolute Gasteiger partial charge is 0.411 e. The third-order valence-electron chi connectivity index (χ3n) is 3.57. The van der Waals surface area contributed by atoms with Crippen molar-refractivity contribution in [1.29, 1.82) is 0 Å². The fraction of sp³-hybridized carbons (Fsp3) is 0.824. The number of carbonyl (C=O) groups is 3. The molecular formula is C17H30N2O7. The van der Waals surface area contributed by atoms with Gasteiger partial charge >= 0.3 is 18.2 Å². The number of piperazine rings is 1. The van der Waals surface area contributed by atoms with Crippen LogP contribution in [0.25, 0.3) is 0 Å². The van der Waals surface area contributed by atoms with Crippen LogP contribution in [0.15, 0.2) is 0 Å². The van der Waals surface area contributed by atoms with Crippen LogP contribution in [0, 0.1) is 0 Å². The predicted molar refractivity (Wildman–Crippen MR) is 92.6 cm³/mol. The Kier molecular flexibility index (Phi) is 6.87. The molecule has 0 aromatic heterocycles. The average Bonchev–Trinajstić information content (AvgIpc) is 2.49. The molecule has 0 aromatic rings. The number of nitrogens with zero attached hydrogens (tertiary/aromatic N) is 2. The summed E-state index contributed by atoms with van der Waals surface area (Å²) in [6.07, 6.45) is -1.38. The highest BCUT2D eigenvalue weighted by Crippen LogP contribution is 2.23. The fourth-order valence-corrected chi connectivity index (χ4v) is 2.57. The number of rotatable bonds is 2. The van der Waals surface area contributed by atoms with E-state index in [1.54, 1.807) is 41.5 Å². The van der Waals surface area contributed by atoms with Crippen LogP contribution in [-0.4, -0.2) is 83.2 Å². The molecule has 9 nitrogen and oxygen atoms in total. The Morgan fingerprint density at radius 1 is 0.923 bits per heavy atom. The summed E-state index contributed by atoms with van der Waals surface area (Å²) in [5.41, 5.74) is -1.49. The van der Waals surface area contributed by atoms with Crippen molar-refractivity contribution < 1.29 is 33.7 Å². The Bertz CT molecular complexity index is 536. The molecule has 2 amide bonds. The number of hydrogen-bond donors (Lipinski definition) is 1. The minimum Gasteiger partial charge on any atom is -0.467 e. The van der Waals surface area contributed by atoms with Crippen molar-refractivity contribution in [2.75, 3.05) is 26.8 Å². The molecule has 150 valence electrons. The standard InChI is InChI=1S/C17H30N2O7/c1-16(2,3)25-14(22)18-8-9-19(15(23)26-17(4,5)6)12(11(18)10-20)13(21)24-7/h11-12,20H,8-10H2,1-7H3/t11-,12+/m0/s1. The van der Waals surface area contributed by atoms with Gasteiger partial charge in [0.1, 0.15) is 11.2 Å².